The Balaban J connectivity index is 0.00000441. The minimum atomic E-state index is -0.376. The summed E-state index contributed by atoms with van der Waals surface area (Å²) in [6.07, 6.45) is 1.58. The van der Waals surface area contributed by atoms with Crippen LogP contribution in [0.3, 0.4) is 0 Å². The average Bonchev–Trinajstić information content (AvgIpc) is 2.48. The highest BCUT2D eigenvalue weighted by Gasteiger charge is 2.20. The summed E-state index contributed by atoms with van der Waals surface area (Å²) >= 11 is 0. The zero-order valence-electron chi connectivity index (χ0n) is 13.1. The molecule has 5 nitrogen and oxygen atoms in total. The Morgan fingerprint density at radius 3 is 2.68 bits per heavy atom. The molecule has 1 aromatic rings. The Kier molecular flexibility index (Phi) is 10.2. The van der Waals surface area contributed by atoms with Gasteiger partial charge < -0.3 is 15.8 Å². The number of rotatable bonds is 8. The first-order chi connectivity index (χ1) is 10.1. The molecular weight excluding hydrogens is 304 g/mol. The van der Waals surface area contributed by atoms with Crippen LogP contribution in [-0.2, 0) is 20.7 Å². The monoisotopic (exact) mass is 328 g/mol. The van der Waals surface area contributed by atoms with Crippen LogP contribution in [0.2, 0.25) is 0 Å². The number of esters is 1. The highest BCUT2D eigenvalue weighted by atomic mass is 35.5. The van der Waals surface area contributed by atoms with Gasteiger partial charge >= 0.3 is 5.97 Å². The lowest BCUT2D eigenvalue weighted by atomic mass is 9.98. The molecule has 1 aromatic carbocycles. The largest absolute Gasteiger partial charge is 0.469 e. The van der Waals surface area contributed by atoms with Crippen LogP contribution in [0.15, 0.2) is 24.3 Å². The van der Waals surface area contributed by atoms with Gasteiger partial charge in [-0.2, -0.15) is 0 Å². The van der Waals surface area contributed by atoms with Crippen molar-refractivity contribution in [2.75, 3.05) is 20.2 Å². The number of ether oxygens (including phenoxy) is 1. The smallest absolute Gasteiger partial charge is 0.310 e. The first-order valence-electron chi connectivity index (χ1n) is 7.17. The van der Waals surface area contributed by atoms with Crippen molar-refractivity contribution in [3.63, 3.8) is 0 Å². The van der Waals surface area contributed by atoms with Gasteiger partial charge in [0.2, 0.25) is 5.91 Å². The number of hydrogen-bond donors (Lipinski definition) is 2. The molecule has 0 aliphatic carbocycles. The lowest BCUT2D eigenvalue weighted by molar-refractivity contribution is -0.145. The Morgan fingerprint density at radius 1 is 1.36 bits per heavy atom. The Bertz CT molecular complexity index is 480. The summed E-state index contributed by atoms with van der Waals surface area (Å²) in [6.45, 7) is 2.77. The molecule has 0 radical (unpaired) electrons. The summed E-state index contributed by atoms with van der Waals surface area (Å²) in [5, 5.41) is 2.77. The molecule has 0 heterocycles. The molecule has 0 aliphatic rings. The van der Waals surface area contributed by atoms with Crippen molar-refractivity contribution in [3.05, 3.63) is 35.4 Å². The van der Waals surface area contributed by atoms with E-state index in [1.165, 1.54) is 7.11 Å². The first-order valence-corrected chi connectivity index (χ1v) is 7.17. The van der Waals surface area contributed by atoms with Crippen LogP contribution in [0, 0.1) is 12.8 Å². The van der Waals surface area contributed by atoms with Gasteiger partial charge in [-0.05, 0) is 31.9 Å². The minimum Gasteiger partial charge on any atom is -0.469 e. The van der Waals surface area contributed by atoms with Gasteiger partial charge in [-0.3, -0.25) is 9.59 Å². The molecule has 0 spiro atoms. The van der Waals surface area contributed by atoms with E-state index in [1.54, 1.807) is 0 Å². The maximum Gasteiger partial charge on any atom is 0.310 e. The van der Waals surface area contributed by atoms with Gasteiger partial charge in [-0.25, -0.2) is 0 Å². The van der Waals surface area contributed by atoms with Crippen molar-refractivity contribution < 1.29 is 14.3 Å². The third-order valence-corrected chi connectivity index (χ3v) is 3.25. The van der Waals surface area contributed by atoms with E-state index in [2.05, 4.69) is 5.32 Å². The molecule has 1 atom stereocenters. The molecule has 0 bridgehead atoms. The fraction of sp³-hybridized carbons (Fsp3) is 0.500. The van der Waals surface area contributed by atoms with Crippen molar-refractivity contribution in [1.29, 1.82) is 0 Å². The van der Waals surface area contributed by atoms with Gasteiger partial charge in [0, 0.05) is 13.0 Å². The van der Waals surface area contributed by atoms with Crippen LogP contribution in [-0.4, -0.2) is 32.1 Å². The second-order valence-corrected chi connectivity index (χ2v) is 5.11. The van der Waals surface area contributed by atoms with Gasteiger partial charge in [0.15, 0.2) is 0 Å². The maximum atomic E-state index is 11.8. The van der Waals surface area contributed by atoms with E-state index in [4.69, 9.17) is 10.5 Å². The molecule has 1 amide bonds. The minimum absolute atomic E-state index is 0. The molecule has 6 heteroatoms. The van der Waals surface area contributed by atoms with Gasteiger partial charge in [0.1, 0.15) is 0 Å². The van der Waals surface area contributed by atoms with Crippen LogP contribution in [0.5, 0.6) is 0 Å². The van der Waals surface area contributed by atoms with Crippen LogP contribution in [0.1, 0.15) is 24.0 Å². The van der Waals surface area contributed by atoms with E-state index in [0.29, 0.717) is 25.8 Å². The highest BCUT2D eigenvalue weighted by molar-refractivity contribution is 5.85. The number of aryl methyl sites for hydroxylation is 1. The second-order valence-electron chi connectivity index (χ2n) is 5.11. The zero-order valence-corrected chi connectivity index (χ0v) is 13.9. The summed E-state index contributed by atoms with van der Waals surface area (Å²) in [6, 6.07) is 7.97. The molecule has 0 saturated heterocycles. The van der Waals surface area contributed by atoms with E-state index in [-0.39, 0.29) is 36.7 Å². The average molecular weight is 329 g/mol. The number of amides is 1. The topological polar surface area (TPSA) is 81.4 Å². The molecule has 22 heavy (non-hydrogen) atoms. The van der Waals surface area contributed by atoms with E-state index >= 15 is 0 Å². The third kappa shape index (κ3) is 7.43. The van der Waals surface area contributed by atoms with Crippen LogP contribution >= 0.6 is 12.4 Å². The molecule has 1 rings (SSSR count). The number of halogens is 1. The second kappa shape index (κ2) is 11.0. The SMILES string of the molecule is COC(=O)C(CNC(=O)CCCN)Cc1cccc(C)c1.Cl. The number of carbonyl (C=O) groups excluding carboxylic acids is 2. The number of nitrogens with one attached hydrogen (secondary N) is 1. The number of benzene rings is 1. The van der Waals surface area contributed by atoms with E-state index in [0.717, 1.165) is 11.1 Å². The first kappa shape index (κ1) is 20.4. The predicted octanol–water partition coefficient (Wildman–Crippen LogP) is 1.60. The quantitative estimate of drug-likeness (QED) is 0.710. The molecular formula is C16H25ClN2O3. The Hall–Kier alpha value is -1.59. The van der Waals surface area contributed by atoms with Gasteiger partial charge in [-0.15, -0.1) is 12.4 Å². The van der Waals surface area contributed by atoms with Crippen molar-refractivity contribution in [1.82, 2.24) is 5.32 Å². The lowest BCUT2D eigenvalue weighted by Crippen LogP contribution is -2.34. The number of hydrogen-bond acceptors (Lipinski definition) is 4. The molecule has 3 N–H and O–H groups in total. The van der Waals surface area contributed by atoms with Crippen LogP contribution in [0.25, 0.3) is 0 Å². The third-order valence-electron chi connectivity index (χ3n) is 3.25. The van der Waals surface area contributed by atoms with Crippen LogP contribution in [0.4, 0.5) is 0 Å². The van der Waals surface area contributed by atoms with Crippen molar-refractivity contribution >= 4 is 24.3 Å². The maximum absolute atomic E-state index is 11.8. The van der Waals surface area contributed by atoms with Crippen molar-refractivity contribution in [3.8, 4) is 0 Å². The van der Waals surface area contributed by atoms with Crippen molar-refractivity contribution in [2.45, 2.75) is 26.2 Å². The van der Waals surface area contributed by atoms with Gasteiger partial charge in [-0.1, -0.05) is 29.8 Å². The van der Waals surface area contributed by atoms with Crippen molar-refractivity contribution in [2.24, 2.45) is 11.7 Å². The zero-order chi connectivity index (χ0) is 15.7. The van der Waals surface area contributed by atoms with Gasteiger partial charge in [0.05, 0.1) is 13.0 Å². The van der Waals surface area contributed by atoms with E-state index < -0.39 is 0 Å². The summed E-state index contributed by atoms with van der Waals surface area (Å²) in [5.41, 5.74) is 7.56. The fourth-order valence-corrected chi connectivity index (χ4v) is 2.12. The number of nitrogens with two attached hydrogens (primary N) is 1. The molecule has 0 aromatic heterocycles. The van der Waals surface area contributed by atoms with E-state index in [1.807, 2.05) is 31.2 Å². The lowest BCUT2D eigenvalue weighted by Gasteiger charge is -2.16. The van der Waals surface area contributed by atoms with E-state index in [9.17, 15) is 9.59 Å². The molecule has 1 unspecified atom stereocenters. The standard InChI is InChI=1S/C16H24N2O3.ClH/c1-12-5-3-6-13(9-12)10-14(16(20)21-2)11-18-15(19)7-4-8-17;/h3,5-6,9,14H,4,7-8,10-11,17H2,1-2H3,(H,18,19);1H. The number of methoxy groups -OCH3 is 1. The van der Waals surface area contributed by atoms with Crippen LogP contribution < -0.4 is 11.1 Å². The highest BCUT2D eigenvalue weighted by Crippen LogP contribution is 2.12. The molecule has 0 saturated carbocycles. The summed E-state index contributed by atoms with van der Waals surface area (Å²) < 4.78 is 4.82. The normalized spacial score (nSPS) is 11.2. The predicted molar refractivity (Wildman–Crippen MR) is 88.9 cm³/mol. The Labute approximate surface area is 138 Å². The summed E-state index contributed by atoms with van der Waals surface area (Å²) in [7, 11) is 1.36. The molecule has 0 aliphatic heterocycles. The summed E-state index contributed by atoms with van der Waals surface area (Å²) in [4.78, 5) is 23.4. The fourth-order valence-electron chi connectivity index (χ4n) is 2.12. The van der Waals surface area contributed by atoms with Gasteiger partial charge in [0.25, 0.3) is 0 Å². The molecule has 0 fully saturated rings. The Morgan fingerprint density at radius 2 is 2.09 bits per heavy atom. The number of carbonyl (C=O) groups is 2. The molecule has 124 valence electrons. The summed E-state index contributed by atoms with van der Waals surface area (Å²) in [5.74, 6) is -0.771.